The standard InChI is InChI=1S/C9H14O3/c1-2-12-9(11)8(10)7-5-3-4-6-7/h3,5,7-8,10H,2,4,6H2,1H3/t7-,8+/m1/s1. The van der Waals surface area contributed by atoms with Gasteiger partial charge in [0.1, 0.15) is 0 Å². The molecule has 0 spiro atoms. The van der Waals surface area contributed by atoms with Gasteiger partial charge in [-0.2, -0.15) is 0 Å². The molecule has 0 aromatic heterocycles. The summed E-state index contributed by atoms with van der Waals surface area (Å²) in [5.41, 5.74) is 0. The summed E-state index contributed by atoms with van der Waals surface area (Å²) in [6, 6.07) is 0. The van der Waals surface area contributed by atoms with Gasteiger partial charge in [0.15, 0.2) is 6.10 Å². The Bertz CT molecular complexity index is 186. The highest BCUT2D eigenvalue weighted by Crippen LogP contribution is 2.21. The largest absolute Gasteiger partial charge is 0.464 e. The normalized spacial score (nSPS) is 24.0. The minimum atomic E-state index is -0.969. The van der Waals surface area contributed by atoms with E-state index in [0.717, 1.165) is 12.8 Å². The van der Waals surface area contributed by atoms with E-state index >= 15 is 0 Å². The number of esters is 1. The van der Waals surface area contributed by atoms with Crippen LogP contribution in [-0.2, 0) is 9.53 Å². The first-order valence-electron chi connectivity index (χ1n) is 4.27. The summed E-state index contributed by atoms with van der Waals surface area (Å²) in [4.78, 5) is 11.0. The monoisotopic (exact) mass is 170 g/mol. The van der Waals surface area contributed by atoms with Crippen LogP contribution >= 0.6 is 0 Å². The summed E-state index contributed by atoms with van der Waals surface area (Å²) in [7, 11) is 0. The molecule has 0 aromatic rings. The highest BCUT2D eigenvalue weighted by atomic mass is 16.5. The molecule has 1 aliphatic rings. The van der Waals surface area contributed by atoms with E-state index in [1.54, 1.807) is 6.92 Å². The van der Waals surface area contributed by atoms with Crippen LogP contribution in [0, 0.1) is 5.92 Å². The van der Waals surface area contributed by atoms with Crippen LogP contribution in [0.1, 0.15) is 19.8 Å². The van der Waals surface area contributed by atoms with Crippen molar-refractivity contribution in [1.82, 2.24) is 0 Å². The highest BCUT2D eigenvalue weighted by molar-refractivity contribution is 5.75. The smallest absolute Gasteiger partial charge is 0.335 e. The zero-order valence-electron chi connectivity index (χ0n) is 7.19. The lowest BCUT2D eigenvalue weighted by Crippen LogP contribution is -2.29. The van der Waals surface area contributed by atoms with E-state index in [1.165, 1.54) is 0 Å². The van der Waals surface area contributed by atoms with Gasteiger partial charge in [0.25, 0.3) is 0 Å². The van der Waals surface area contributed by atoms with Gasteiger partial charge in [-0.25, -0.2) is 4.79 Å². The molecule has 0 heterocycles. The number of allylic oxidation sites excluding steroid dienone is 1. The van der Waals surface area contributed by atoms with Gasteiger partial charge in [0.05, 0.1) is 6.61 Å². The molecule has 0 saturated heterocycles. The maximum absolute atomic E-state index is 11.0. The van der Waals surface area contributed by atoms with E-state index in [0.29, 0.717) is 6.61 Å². The number of carbonyl (C=O) groups is 1. The van der Waals surface area contributed by atoms with Crippen LogP contribution in [-0.4, -0.2) is 23.8 Å². The molecule has 0 aromatic carbocycles. The molecule has 3 heteroatoms. The van der Waals surface area contributed by atoms with Crippen LogP contribution in [0.4, 0.5) is 0 Å². The van der Waals surface area contributed by atoms with E-state index in [9.17, 15) is 9.90 Å². The van der Waals surface area contributed by atoms with E-state index in [4.69, 9.17) is 4.74 Å². The molecule has 0 bridgehead atoms. The second kappa shape index (κ2) is 4.26. The van der Waals surface area contributed by atoms with Crippen LogP contribution in [0.2, 0.25) is 0 Å². The van der Waals surface area contributed by atoms with Crippen molar-refractivity contribution in [3.63, 3.8) is 0 Å². The lowest BCUT2D eigenvalue weighted by Gasteiger charge is -2.14. The fraction of sp³-hybridized carbons (Fsp3) is 0.667. The van der Waals surface area contributed by atoms with E-state index in [1.807, 2.05) is 12.2 Å². The topological polar surface area (TPSA) is 46.5 Å². The third-order valence-corrected chi connectivity index (χ3v) is 1.98. The Hall–Kier alpha value is -0.830. The molecule has 2 atom stereocenters. The summed E-state index contributed by atoms with van der Waals surface area (Å²) in [5, 5.41) is 9.42. The number of hydrogen-bond acceptors (Lipinski definition) is 3. The molecule has 0 aliphatic heterocycles. The predicted octanol–water partition coefficient (Wildman–Crippen LogP) is 0.877. The zero-order valence-corrected chi connectivity index (χ0v) is 7.19. The van der Waals surface area contributed by atoms with Crippen molar-refractivity contribution in [1.29, 1.82) is 0 Å². The highest BCUT2D eigenvalue weighted by Gasteiger charge is 2.26. The number of ether oxygens (including phenoxy) is 1. The van der Waals surface area contributed by atoms with Crippen molar-refractivity contribution in [2.24, 2.45) is 5.92 Å². The van der Waals surface area contributed by atoms with Crippen LogP contribution in [0.5, 0.6) is 0 Å². The van der Waals surface area contributed by atoms with Crippen LogP contribution in [0.15, 0.2) is 12.2 Å². The average Bonchev–Trinajstić information content (AvgIpc) is 2.55. The lowest BCUT2D eigenvalue weighted by atomic mass is 10.0. The van der Waals surface area contributed by atoms with Gasteiger partial charge in [-0.05, 0) is 19.8 Å². The molecule has 0 amide bonds. The van der Waals surface area contributed by atoms with Gasteiger partial charge in [0.2, 0.25) is 0 Å². The Morgan fingerprint density at radius 3 is 3.08 bits per heavy atom. The molecule has 3 nitrogen and oxygen atoms in total. The SMILES string of the molecule is CCOC(=O)[C@@H](O)[C@@H]1C=CCC1. The first kappa shape index (κ1) is 9.26. The Morgan fingerprint density at radius 1 is 1.83 bits per heavy atom. The lowest BCUT2D eigenvalue weighted by molar-refractivity contribution is -0.155. The van der Waals surface area contributed by atoms with Crippen LogP contribution < -0.4 is 0 Å². The molecule has 0 saturated carbocycles. The Balaban J connectivity index is 2.40. The number of aliphatic hydroxyl groups excluding tert-OH is 1. The van der Waals surface area contributed by atoms with Crippen molar-refractivity contribution < 1.29 is 14.6 Å². The van der Waals surface area contributed by atoms with Crippen LogP contribution in [0.25, 0.3) is 0 Å². The molecule has 0 unspecified atom stereocenters. The van der Waals surface area contributed by atoms with E-state index < -0.39 is 12.1 Å². The fourth-order valence-electron chi connectivity index (χ4n) is 1.32. The third kappa shape index (κ3) is 2.08. The summed E-state index contributed by atoms with van der Waals surface area (Å²) < 4.78 is 4.69. The minimum Gasteiger partial charge on any atom is -0.464 e. The van der Waals surface area contributed by atoms with Crippen molar-refractivity contribution >= 4 is 5.97 Å². The van der Waals surface area contributed by atoms with E-state index in [-0.39, 0.29) is 5.92 Å². The summed E-state index contributed by atoms with van der Waals surface area (Å²) >= 11 is 0. The quantitative estimate of drug-likeness (QED) is 0.505. The molecular weight excluding hydrogens is 156 g/mol. The number of carbonyl (C=O) groups excluding carboxylic acids is 1. The fourth-order valence-corrected chi connectivity index (χ4v) is 1.32. The second-order valence-electron chi connectivity index (χ2n) is 2.87. The Morgan fingerprint density at radius 2 is 2.58 bits per heavy atom. The van der Waals surface area contributed by atoms with Crippen molar-refractivity contribution in [3.8, 4) is 0 Å². The molecular formula is C9H14O3. The minimum absolute atomic E-state index is 0.0379. The summed E-state index contributed by atoms with van der Waals surface area (Å²) in [6.45, 7) is 2.06. The Kier molecular flexibility index (Phi) is 3.29. The maximum Gasteiger partial charge on any atom is 0.335 e. The zero-order chi connectivity index (χ0) is 8.97. The number of hydrogen-bond donors (Lipinski definition) is 1. The van der Waals surface area contributed by atoms with Crippen molar-refractivity contribution in [3.05, 3.63) is 12.2 Å². The van der Waals surface area contributed by atoms with Gasteiger partial charge < -0.3 is 9.84 Å². The van der Waals surface area contributed by atoms with Gasteiger partial charge in [-0.3, -0.25) is 0 Å². The molecule has 68 valence electrons. The molecule has 12 heavy (non-hydrogen) atoms. The van der Waals surface area contributed by atoms with Gasteiger partial charge in [0, 0.05) is 5.92 Å². The maximum atomic E-state index is 11.0. The Labute approximate surface area is 72.0 Å². The molecule has 0 fully saturated rings. The number of aliphatic hydroxyl groups is 1. The third-order valence-electron chi connectivity index (χ3n) is 1.98. The van der Waals surface area contributed by atoms with Crippen molar-refractivity contribution in [2.45, 2.75) is 25.9 Å². The second-order valence-corrected chi connectivity index (χ2v) is 2.87. The van der Waals surface area contributed by atoms with Gasteiger partial charge in [-0.1, -0.05) is 12.2 Å². The molecule has 1 aliphatic carbocycles. The molecule has 0 radical (unpaired) electrons. The average molecular weight is 170 g/mol. The molecule has 1 N–H and O–H groups in total. The molecule has 1 rings (SSSR count). The predicted molar refractivity (Wildman–Crippen MR) is 44.5 cm³/mol. The van der Waals surface area contributed by atoms with Crippen molar-refractivity contribution in [2.75, 3.05) is 6.61 Å². The first-order chi connectivity index (χ1) is 5.75. The number of rotatable bonds is 3. The van der Waals surface area contributed by atoms with Gasteiger partial charge in [-0.15, -0.1) is 0 Å². The first-order valence-corrected chi connectivity index (χ1v) is 4.27. The van der Waals surface area contributed by atoms with E-state index in [2.05, 4.69) is 0 Å². The van der Waals surface area contributed by atoms with Crippen LogP contribution in [0.3, 0.4) is 0 Å². The van der Waals surface area contributed by atoms with Gasteiger partial charge >= 0.3 is 5.97 Å². The summed E-state index contributed by atoms with van der Waals surface area (Å²) in [5.74, 6) is -0.543. The summed E-state index contributed by atoms with van der Waals surface area (Å²) in [6.07, 6.45) is 4.68.